The number of rotatable bonds is 2. The molecule has 0 saturated carbocycles. The zero-order valence-corrected chi connectivity index (χ0v) is 17.8. The van der Waals surface area contributed by atoms with Crippen LogP contribution in [0, 0.1) is 0 Å². The number of alkyl halides is 3. The third-order valence-electron chi connectivity index (χ3n) is 2.30. The summed E-state index contributed by atoms with van der Waals surface area (Å²) in [5.41, 5.74) is 0.655. The van der Waals surface area contributed by atoms with E-state index in [-0.39, 0.29) is 40.9 Å². The smallest absolute Gasteiger partial charge is 0.545 e. The van der Waals surface area contributed by atoms with Gasteiger partial charge in [0.2, 0.25) is 0 Å². The number of carbonyl (C=O) groups is 2. The molecule has 0 aliphatic heterocycles. The van der Waals surface area contributed by atoms with E-state index in [9.17, 15) is 14.7 Å². The number of hydrogen-bond donors (Lipinski definition) is 1. The monoisotopic (exact) mass is 414 g/mol. The predicted molar refractivity (Wildman–Crippen MR) is 91.6 cm³/mol. The van der Waals surface area contributed by atoms with E-state index in [2.05, 4.69) is 4.74 Å². The van der Waals surface area contributed by atoms with Gasteiger partial charge in [0.1, 0.15) is 5.75 Å². The van der Waals surface area contributed by atoms with Crippen LogP contribution in [0.4, 0.5) is 0 Å². The first kappa shape index (κ1) is 26.3. The summed E-state index contributed by atoms with van der Waals surface area (Å²) < 4.78 is 3.71. The van der Waals surface area contributed by atoms with Crippen LogP contribution in [0.5, 0.6) is 5.75 Å². The van der Waals surface area contributed by atoms with Gasteiger partial charge in [0.05, 0.1) is 18.6 Å². The number of halogens is 3. The summed E-state index contributed by atoms with van der Waals surface area (Å²) in [6.07, 6.45) is 0. The van der Waals surface area contributed by atoms with E-state index in [1.165, 1.54) is 43.5 Å². The van der Waals surface area contributed by atoms with Crippen molar-refractivity contribution >= 4 is 46.7 Å². The van der Waals surface area contributed by atoms with E-state index >= 15 is 0 Å². The molecule has 0 heterocycles. The van der Waals surface area contributed by atoms with Gasteiger partial charge in [0.25, 0.3) is 0 Å². The first-order valence-corrected chi connectivity index (χ1v) is 7.64. The molecule has 0 unspecified atom stereocenters. The number of hydrogen-bond acceptors (Lipinski definition) is 5. The van der Waals surface area contributed by atoms with Crippen LogP contribution in [0.25, 0.3) is 0 Å². The summed E-state index contributed by atoms with van der Waals surface area (Å²) in [6, 6.07) is 13.9. The third kappa shape index (κ3) is 14.0. The molecule has 25 heavy (non-hydrogen) atoms. The summed E-state index contributed by atoms with van der Waals surface area (Å²) >= 11 is 14.4. The topological polar surface area (TPSA) is 86.7 Å². The number of benzene rings is 2. The maximum Gasteiger partial charge on any atom is 1.00 e. The molecule has 0 bridgehead atoms. The second kappa shape index (κ2) is 15.3. The minimum atomic E-state index is -1.13. The van der Waals surface area contributed by atoms with Crippen molar-refractivity contribution in [1.82, 2.24) is 0 Å². The molecule has 2 aromatic carbocycles. The maximum atomic E-state index is 10.8. The third-order valence-corrected chi connectivity index (χ3v) is 2.30. The van der Waals surface area contributed by atoms with Crippen molar-refractivity contribution in [3.63, 3.8) is 0 Å². The van der Waals surface area contributed by atoms with Crippen LogP contribution in [-0.2, 0) is 4.74 Å². The Morgan fingerprint density at radius 3 is 1.72 bits per heavy atom. The van der Waals surface area contributed by atoms with Gasteiger partial charge in [-0.2, -0.15) is 0 Å². The molecule has 0 aliphatic rings. The summed E-state index contributed by atoms with van der Waals surface area (Å²) in [6.45, 7) is 0. The maximum absolute atomic E-state index is 10.8. The molecule has 0 fully saturated rings. The fourth-order valence-electron chi connectivity index (χ4n) is 1.29. The number of phenols is 1. The van der Waals surface area contributed by atoms with Gasteiger partial charge in [-0.25, -0.2) is 4.79 Å². The van der Waals surface area contributed by atoms with Gasteiger partial charge < -0.3 is 19.7 Å². The van der Waals surface area contributed by atoms with E-state index in [4.69, 9.17) is 39.9 Å². The zero-order valence-electron chi connectivity index (χ0n) is 13.5. The number of ether oxygens (including phenoxy) is 1. The number of carboxylic acids is 1. The van der Waals surface area contributed by atoms with Crippen LogP contribution in [-0.4, -0.2) is 28.5 Å². The minimum absolute atomic E-state index is 0. The normalized spacial score (nSPS) is 8.68. The number of aromatic carboxylic acids is 1. The Labute approximate surface area is 182 Å². The van der Waals surface area contributed by atoms with Crippen molar-refractivity contribution in [1.29, 1.82) is 0 Å². The van der Waals surface area contributed by atoms with E-state index < -0.39 is 16.2 Å². The van der Waals surface area contributed by atoms with Crippen molar-refractivity contribution < 1.29 is 54.1 Å². The second-order valence-corrected chi connectivity index (χ2v) is 5.92. The number of methoxy groups -OCH3 is 1. The molecule has 2 rings (SSSR count). The van der Waals surface area contributed by atoms with Gasteiger partial charge >= 0.3 is 35.5 Å². The molecular weight excluding hydrogens is 402 g/mol. The fourth-order valence-corrected chi connectivity index (χ4v) is 1.29. The zero-order chi connectivity index (χ0) is 18.5. The number of carboxylic acid groups (broad SMARTS) is 1. The SMILES string of the molecule is COC(=O)c1ccc(O)cc1.ClC(Cl)Cl.O=C([O-])c1ccccc1.[Na+]. The minimum Gasteiger partial charge on any atom is -0.545 e. The Hall–Kier alpha value is -0.950. The van der Waals surface area contributed by atoms with Crippen LogP contribution < -0.4 is 34.7 Å². The molecule has 0 aliphatic carbocycles. The van der Waals surface area contributed by atoms with Crippen LogP contribution in [0.15, 0.2) is 54.6 Å². The Balaban J connectivity index is 0. The van der Waals surface area contributed by atoms with Gasteiger partial charge in [-0.15, -0.1) is 0 Å². The van der Waals surface area contributed by atoms with Crippen molar-refractivity contribution in [2.24, 2.45) is 0 Å². The molecule has 0 radical (unpaired) electrons. The van der Waals surface area contributed by atoms with Gasteiger partial charge in [-0.05, 0) is 29.8 Å². The Morgan fingerprint density at radius 2 is 1.40 bits per heavy atom. The first-order valence-electron chi connectivity index (χ1n) is 6.34. The molecule has 1 N–H and O–H groups in total. The van der Waals surface area contributed by atoms with Crippen molar-refractivity contribution in [3.8, 4) is 5.75 Å². The molecule has 0 amide bonds. The Bertz CT molecular complexity index is 619. The standard InChI is InChI=1S/C8H8O3.C7H6O2.CHCl3.Na/c1-11-8(10)6-2-4-7(9)5-3-6;8-7(9)6-4-2-1-3-5-6;2-1(3)4;/h2-5,9H,1H3;1-5H,(H,8,9);1H;/q;;;+1/p-1. The van der Waals surface area contributed by atoms with E-state index in [1.54, 1.807) is 18.2 Å². The van der Waals surface area contributed by atoms with Crippen molar-refractivity contribution in [2.45, 2.75) is 4.30 Å². The molecule has 0 saturated heterocycles. The first-order chi connectivity index (χ1) is 11.3. The summed E-state index contributed by atoms with van der Waals surface area (Å²) in [4.78, 5) is 20.9. The fraction of sp³-hybridized carbons (Fsp3) is 0.125. The van der Waals surface area contributed by atoms with Gasteiger partial charge in [-0.3, -0.25) is 0 Å². The van der Waals surface area contributed by atoms with Gasteiger partial charge in [-0.1, -0.05) is 65.1 Å². The molecule has 0 spiro atoms. The van der Waals surface area contributed by atoms with Crippen LogP contribution in [0.3, 0.4) is 0 Å². The summed E-state index contributed by atoms with van der Waals surface area (Å²) in [5.74, 6) is -1.39. The van der Waals surface area contributed by atoms with Crippen molar-refractivity contribution in [3.05, 3.63) is 65.7 Å². The predicted octanol–water partition coefficient (Wildman–Crippen LogP) is 0.219. The van der Waals surface area contributed by atoms with Crippen LogP contribution in [0.1, 0.15) is 20.7 Å². The second-order valence-electron chi connectivity index (χ2n) is 3.94. The quantitative estimate of drug-likeness (QED) is 0.431. The molecular formula is C16H14Cl3NaO5. The van der Waals surface area contributed by atoms with E-state index in [1.807, 2.05) is 0 Å². The number of phenolic OH excluding ortho intramolecular Hbond substituents is 1. The largest absolute Gasteiger partial charge is 1.00 e. The molecule has 0 aromatic heterocycles. The average molecular weight is 416 g/mol. The van der Waals surface area contributed by atoms with Gasteiger partial charge in [0.15, 0.2) is 4.30 Å². The molecule has 2 aromatic rings. The molecule has 0 atom stereocenters. The summed E-state index contributed by atoms with van der Waals surface area (Å²) in [5, 5.41) is 18.9. The number of carbonyl (C=O) groups excluding carboxylic acids is 2. The molecule has 5 nitrogen and oxygen atoms in total. The number of esters is 1. The van der Waals surface area contributed by atoms with Crippen LogP contribution >= 0.6 is 34.8 Å². The van der Waals surface area contributed by atoms with E-state index in [0.29, 0.717) is 5.56 Å². The average Bonchev–Trinajstić information content (AvgIpc) is 2.55. The molecule has 9 heteroatoms. The Morgan fingerprint density at radius 1 is 0.960 bits per heavy atom. The summed E-state index contributed by atoms with van der Waals surface area (Å²) in [7, 11) is 1.31. The van der Waals surface area contributed by atoms with Crippen LogP contribution in [0.2, 0.25) is 0 Å². The van der Waals surface area contributed by atoms with Crippen molar-refractivity contribution in [2.75, 3.05) is 7.11 Å². The van der Waals surface area contributed by atoms with Gasteiger partial charge in [0, 0.05) is 0 Å². The number of aromatic hydroxyl groups is 1. The molecule has 130 valence electrons. The van der Waals surface area contributed by atoms with E-state index in [0.717, 1.165) is 0 Å². The Kier molecular flexibility index (Phi) is 16.1.